The van der Waals surface area contributed by atoms with E-state index < -0.39 is 5.82 Å². The van der Waals surface area contributed by atoms with Gasteiger partial charge in [-0.2, -0.15) is 0 Å². The number of halogens is 1. The zero-order valence-corrected chi connectivity index (χ0v) is 18.2. The van der Waals surface area contributed by atoms with Crippen LogP contribution < -0.4 is 10.6 Å². The first-order valence-corrected chi connectivity index (χ1v) is 10.9. The lowest BCUT2D eigenvalue weighted by molar-refractivity contribution is -0.120. The van der Waals surface area contributed by atoms with Crippen molar-refractivity contribution in [3.05, 3.63) is 71.3 Å². The molecule has 0 atom stereocenters. The van der Waals surface area contributed by atoms with Crippen LogP contribution in [0.25, 0.3) is 0 Å². The van der Waals surface area contributed by atoms with Crippen molar-refractivity contribution in [1.82, 2.24) is 20.1 Å². The third kappa shape index (κ3) is 6.39. The van der Waals surface area contributed by atoms with Crippen molar-refractivity contribution in [3.8, 4) is 0 Å². The van der Waals surface area contributed by atoms with Crippen LogP contribution in [0.5, 0.6) is 0 Å². The van der Waals surface area contributed by atoms with Crippen molar-refractivity contribution in [2.24, 2.45) is 0 Å². The number of nitrogens with one attached hydrogen (secondary N) is 2. The van der Waals surface area contributed by atoms with Crippen LogP contribution in [0.4, 0.5) is 10.1 Å². The molecule has 0 fully saturated rings. The summed E-state index contributed by atoms with van der Waals surface area (Å²) in [7, 11) is 0. The number of anilines is 1. The lowest BCUT2D eigenvalue weighted by Gasteiger charge is -2.10. The molecule has 0 bridgehead atoms. The quantitative estimate of drug-likeness (QED) is 0.497. The van der Waals surface area contributed by atoms with Crippen molar-refractivity contribution in [3.63, 3.8) is 0 Å². The van der Waals surface area contributed by atoms with Crippen molar-refractivity contribution in [2.75, 3.05) is 11.1 Å². The number of amides is 2. The van der Waals surface area contributed by atoms with E-state index in [1.165, 1.54) is 23.9 Å². The van der Waals surface area contributed by atoms with Gasteiger partial charge >= 0.3 is 0 Å². The number of carbonyl (C=O) groups excluding carboxylic acids is 2. The number of nitrogens with zero attached hydrogens (tertiary/aromatic N) is 3. The number of carbonyl (C=O) groups is 2. The zero-order valence-electron chi connectivity index (χ0n) is 17.4. The van der Waals surface area contributed by atoms with Crippen LogP contribution in [0.2, 0.25) is 0 Å². The first-order valence-electron chi connectivity index (χ1n) is 9.87. The minimum atomic E-state index is -0.404. The molecule has 1 aromatic heterocycles. The summed E-state index contributed by atoms with van der Waals surface area (Å²) in [6.07, 6.45) is 0.294. The molecule has 2 N–H and O–H groups in total. The molecule has 0 spiro atoms. The van der Waals surface area contributed by atoms with Crippen LogP contribution in [0.3, 0.4) is 0 Å². The molecule has 0 radical (unpaired) electrons. The monoisotopic (exact) mass is 441 g/mol. The third-order valence-corrected chi connectivity index (χ3v) is 5.53. The van der Waals surface area contributed by atoms with Gasteiger partial charge in [-0.05, 0) is 37.1 Å². The van der Waals surface area contributed by atoms with Crippen molar-refractivity contribution in [1.29, 1.82) is 0 Å². The molecule has 0 aliphatic rings. The summed E-state index contributed by atoms with van der Waals surface area (Å²) in [6.45, 7) is 4.60. The van der Waals surface area contributed by atoms with E-state index in [0.717, 1.165) is 11.1 Å². The van der Waals surface area contributed by atoms with Crippen LogP contribution in [0.15, 0.2) is 53.7 Å². The maximum absolute atomic E-state index is 13.4. The van der Waals surface area contributed by atoms with Crippen molar-refractivity contribution in [2.45, 2.75) is 38.5 Å². The molecule has 31 heavy (non-hydrogen) atoms. The van der Waals surface area contributed by atoms with Crippen LogP contribution in [-0.2, 0) is 29.1 Å². The molecule has 0 aliphatic carbocycles. The smallest absolute Gasteiger partial charge is 0.234 e. The molecule has 1 heterocycles. The number of rotatable bonds is 9. The van der Waals surface area contributed by atoms with Crippen LogP contribution in [-0.4, -0.2) is 32.3 Å². The largest absolute Gasteiger partial charge is 0.349 e. The van der Waals surface area contributed by atoms with E-state index in [0.29, 0.717) is 29.6 Å². The van der Waals surface area contributed by atoms with Crippen LogP contribution >= 0.6 is 11.8 Å². The van der Waals surface area contributed by atoms with E-state index in [-0.39, 0.29) is 24.1 Å². The third-order valence-electron chi connectivity index (χ3n) is 4.57. The highest BCUT2D eigenvalue weighted by atomic mass is 32.2. The average molecular weight is 442 g/mol. The summed E-state index contributed by atoms with van der Waals surface area (Å²) in [5, 5.41) is 14.5. The molecule has 0 saturated heterocycles. The summed E-state index contributed by atoms with van der Waals surface area (Å²) in [4.78, 5) is 24.5. The summed E-state index contributed by atoms with van der Waals surface area (Å²) < 4.78 is 15.2. The number of thioether (sulfide) groups is 1. The van der Waals surface area contributed by atoms with E-state index in [1.807, 2.05) is 41.8 Å². The molecular formula is C22H24FN5O2S. The van der Waals surface area contributed by atoms with Gasteiger partial charge in [0.1, 0.15) is 5.82 Å². The van der Waals surface area contributed by atoms with Crippen molar-refractivity contribution >= 4 is 29.3 Å². The fourth-order valence-electron chi connectivity index (χ4n) is 2.94. The van der Waals surface area contributed by atoms with Gasteiger partial charge in [0.25, 0.3) is 0 Å². The zero-order chi connectivity index (χ0) is 22.2. The lowest BCUT2D eigenvalue weighted by atomic mass is 10.1. The highest BCUT2D eigenvalue weighted by molar-refractivity contribution is 7.99. The second-order valence-electron chi connectivity index (χ2n) is 6.88. The Labute approximate surface area is 184 Å². The summed E-state index contributed by atoms with van der Waals surface area (Å²) >= 11 is 1.24. The second kappa shape index (κ2) is 10.7. The van der Waals surface area contributed by atoms with E-state index in [1.54, 1.807) is 13.0 Å². The van der Waals surface area contributed by atoms with Crippen LogP contribution in [0.1, 0.15) is 23.9 Å². The molecule has 0 saturated carbocycles. The molecular weight excluding hydrogens is 417 g/mol. The predicted molar refractivity (Wildman–Crippen MR) is 118 cm³/mol. The van der Waals surface area contributed by atoms with E-state index >= 15 is 0 Å². The fraction of sp³-hybridized carbons (Fsp3) is 0.273. The van der Waals surface area contributed by atoms with Gasteiger partial charge in [0, 0.05) is 12.2 Å². The summed E-state index contributed by atoms with van der Waals surface area (Å²) in [5.41, 5.74) is 2.17. The highest BCUT2D eigenvalue weighted by Crippen LogP contribution is 2.19. The second-order valence-corrected chi connectivity index (χ2v) is 7.82. The minimum absolute atomic E-state index is 0.101. The Morgan fingerprint density at radius 1 is 1.10 bits per heavy atom. The van der Waals surface area contributed by atoms with E-state index in [2.05, 4.69) is 20.8 Å². The Morgan fingerprint density at radius 2 is 1.87 bits per heavy atom. The van der Waals surface area contributed by atoms with Gasteiger partial charge in [-0.1, -0.05) is 48.2 Å². The highest BCUT2D eigenvalue weighted by Gasteiger charge is 2.15. The van der Waals surface area contributed by atoms with Gasteiger partial charge in [-0.3, -0.25) is 9.59 Å². The molecule has 3 aromatic rings. The predicted octanol–water partition coefficient (Wildman–Crippen LogP) is 3.34. The summed E-state index contributed by atoms with van der Waals surface area (Å²) in [6, 6.07) is 13.8. The Hall–Kier alpha value is -3.20. The Bertz CT molecular complexity index is 1060. The normalized spacial score (nSPS) is 10.7. The Balaban J connectivity index is 1.54. The van der Waals surface area contributed by atoms with Gasteiger partial charge in [0.05, 0.1) is 18.7 Å². The standard InChI is InChI=1S/C22H24FN5O2S/c1-3-28-19(13-24-20(29)11-16-7-5-4-6-8-16)26-27-22(28)31-14-21(30)25-18-12-17(23)10-9-15(18)2/h4-10,12H,3,11,13-14H2,1-2H3,(H,24,29)(H,25,30). The van der Waals surface area contributed by atoms with E-state index in [9.17, 15) is 14.0 Å². The van der Waals surface area contributed by atoms with Crippen molar-refractivity contribution < 1.29 is 14.0 Å². The minimum Gasteiger partial charge on any atom is -0.349 e. The maximum atomic E-state index is 13.4. The number of hydrogen-bond donors (Lipinski definition) is 2. The number of aromatic nitrogens is 3. The van der Waals surface area contributed by atoms with E-state index in [4.69, 9.17) is 0 Å². The molecule has 9 heteroatoms. The maximum Gasteiger partial charge on any atom is 0.234 e. The molecule has 0 unspecified atom stereocenters. The topological polar surface area (TPSA) is 88.9 Å². The molecule has 7 nitrogen and oxygen atoms in total. The van der Waals surface area contributed by atoms with Gasteiger partial charge in [-0.15, -0.1) is 10.2 Å². The van der Waals surface area contributed by atoms with Gasteiger partial charge in [-0.25, -0.2) is 4.39 Å². The molecule has 162 valence electrons. The summed E-state index contributed by atoms with van der Waals surface area (Å²) in [5.74, 6) is -0.0435. The first kappa shape index (κ1) is 22.5. The number of aryl methyl sites for hydroxylation is 1. The Kier molecular flexibility index (Phi) is 7.77. The SMILES string of the molecule is CCn1c(CNC(=O)Cc2ccccc2)nnc1SCC(=O)Nc1cc(F)ccc1C. The Morgan fingerprint density at radius 3 is 2.61 bits per heavy atom. The number of hydrogen-bond acceptors (Lipinski definition) is 5. The van der Waals surface area contributed by atoms with Gasteiger partial charge in [0.2, 0.25) is 11.8 Å². The average Bonchev–Trinajstić information content (AvgIpc) is 3.16. The lowest BCUT2D eigenvalue weighted by Crippen LogP contribution is -2.26. The van der Waals surface area contributed by atoms with Gasteiger partial charge < -0.3 is 15.2 Å². The first-order chi connectivity index (χ1) is 15.0. The van der Waals surface area contributed by atoms with Gasteiger partial charge in [0.15, 0.2) is 11.0 Å². The molecule has 2 amide bonds. The molecule has 2 aromatic carbocycles. The number of benzene rings is 2. The molecule has 3 rings (SSSR count). The molecule has 0 aliphatic heterocycles. The fourth-order valence-corrected chi connectivity index (χ4v) is 3.76. The van der Waals surface area contributed by atoms with Crippen LogP contribution in [0, 0.1) is 12.7 Å².